The molecule has 94 valence electrons. The molecule has 0 saturated carbocycles. The predicted molar refractivity (Wildman–Crippen MR) is 72.8 cm³/mol. The molecule has 2 rings (SSSR count). The largest absolute Gasteiger partial charge is 0.493 e. The van der Waals surface area contributed by atoms with E-state index in [1.165, 1.54) is 0 Å². The van der Waals surface area contributed by atoms with Crippen LogP contribution >= 0.6 is 0 Å². The van der Waals surface area contributed by atoms with Gasteiger partial charge >= 0.3 is 0 Å². The van der Waals surface area contributed by atoms with Crippen molar-refractivity contribution < 1.29 is 4.74 Å². The third-order valence-corrected chi connectivity index (χ3v) is 2.54. The van der Waals surface area contributed by atoms with Crippen LogP contribution < -0.4 is 10.1 Å². The van der Waals surface area contributed by atoms with E-state index in [2.05, 4.69) is 22.2 Å². The molecule has 0 atom stereocenters. The normalized spacial score (nSPS) is 10.1. The first-order valence-electron chi connectivity index (χ1n) is 6.07. The summed E-state index contributed by atoms with van der Waals surface area (Å²) < 4.78 is 5.74. The van der Waals surface area contributed by atoms with Gasteiger partial charge in [-0.05, 0) is 18.6 Å². The highest BCUT2D eigenvalue weighted by molar-refractivity contribution is 5.75. The van der Waals surface area contributed by atoms with Gasteiger partial charge in [-0.3, -0.25) is 4.98 Å². The number of ether oxygens (including phenoxy) is 1. The minimum absolute atomic E-state index is 0.701. The van der Waals surface area contributed by atoms with Crippen molar-refractivity contribution in [2.75, 3.05) is 19.0 Å². The van der Waals surface area contributed by atoms with Crippen LogP contribution in [0.4, 0.5) is 5.82 Å². The van der Waals surface area contributed by atoms with E-state index in [-0.39, 0.29) is 0 Å². The number of nitrogens with one attached hydrogen (secondary N) is 1. The molecular formula is C14H17N3O. The van der Waals surface area contributed by atoms with Crippen molar-refractivity contribution in [2.45, 2.75) is 13.3 Å². The first-order valence-corrected chi connectivity index (χ1v) is 6.07. The molecule has 0 aliphatic rings. The van der Waals surface area contributed by atoms with Crippen LogP contribution in [0.5, 0.6) is 5.75 Å². The Morgan fingerprint density at radius 3 is 2.72 bits per heavy atom. The first kappa shape index (κ1) is 12.4. The fourth-order valence-corrected chi connectivity index (χ4v) is 1.72. The molecule has 0 spiro atoms. The summed E-state index contributed by atoms with van der Waals surface area (Å²) in [6.45, 7) is 2.79. The van der Waals surface area contributed by atoms with Gasteiger partial charge < -0.3 is 10.1 Å². The Balaban J connectivity index is 2.43. The third kappa shape index (κ3) is 2.59. The number of nitrogens with zero attached hydrogens (tertiary/aromatic N) is 2. The molecule has 18 heavy (non-hydrogen) atoms. The summed E-state index contributed by atoms with van der Waals surface area (Å²) in [7, 11) is 1.84. The first-order chi connectivity index (χ1) is 8.86. The van der Waals surface area contributed by atoms with Gasteiger partial charge in [-0.1, -0.05) is 19.1 Å². The van der Waals surface area contributed by atoms with Crippen molar-refractivity contribution in [3.05, 3.63) is 36.7 Å². The maximum Gasteiger partial charge on any atom is 0.152 e. The van der Waals surface area contributed by atoms with Gasteiger partial charge in [-0.2, -0.15) is 0 Å². The lowest BCUT2D eigenvalue weighted by molar-refractivity contribution is 0.318. The number of hydrogen-bond acceptors (Lipinski definition) is 4. The average molecular weight is 243 g/mol. The minimum Gasteiger partial charge on any atom is -0.493 e. The summed E-state index contributed by atoms with van der Waals surface area (Å²) in [5, 5.41) is 3.05. The van der Waals surface area contributed by atoms with E-state index < -0.39 is 0 Å². The quantitative estimate of drug-likeness (QED) is 0.877. The fraction of sp³-hybridized carbons (Fsp3) is 0.286. The molecule has 0 bridgehead atoms. The second-order valence-corrected chi connectivity index (χ2v) is 3.85. The molecule has 1 N–H and O–H groups in total. The Morgan fingerprint density at radius 2 is 1.94 bits per heavy atom. The molecule has 4 heteroatoms. The van der Waals surface area contributed by atoms with E-state index in [1.807, 2.05) is 31.3 Å². The van der Waals surface area contributed by atoms with Gasteiger partial charge in [-0.15, -0.1) is 0 Å². The number of aromatic nitrogens is 2. The van der Waals surface area contributed by atoms with Crippen molar-refractivity contribution in [1.29, 1.82) is 0 Å². The summed E-state index contributed by atoms with van der Waals surface area (Å²) >= 11 is 0. The third-order valence-electron chi connectivity index (χ3n) is 2.54. The standard InChI is InChI=1S/C14H17N3O/c1-3-10-18-12-7-5-4-6-11(12)13-14(15-2)17-9-8-16-13/h4-9H,3,10H2,1-2H3,(H,15,17). The van der Waals surface area contributed by atoms with Crippen LogP contribution in [0.3, 0.4) is 0 Å². The summed E-state index contributed by atoms with van der Waals surface area (Å²) in [6.07, 6.45) is 4.34. The van der Waals surface area contributed by atoms with Crippen molar-refractivity contribution in [1.82, 2.24) is 9.97 Å². The summed E-state index contributed by atoms with van der Waals surface area (Å²) in [4.78, 5) is 8.65. The highest BCUT2D eigenvalue weighted by Crippen LogP contribution is 2.31. The maximum atomic E-state index is 5.74. The van der Waals surface area contributed by atoms with Crippen LogP contribution in [0, 0.1) is 0 Å². The minimum atomic E-state index is 0.701. The number of rotatable bonds is 5. The number of para-hydroxylation sites is 1. The Morgan fingerprint density at radius 1 is 1.17 bits per heavy atom. The van der Waals surface area contributed by atoms with Crippen LogP contribution in [0.15, 0.2) is 36.7 Å². The highest BCUT2D eigenvalue weighted by atomic mass is 16.5. The van der Waals surface area contributed by atoms with E-state index in [1.54, 1.807) is 12.4 Å². The Kier molecular flexibility index (Phi) is 4.12. The summed E-state index contributed by atoms with van der Waals surface area (Å²) in [6, 6.07) is 7.89. The molecule has 2 aromatic rings. The van der Waals surface area contributed by atoms with E-state index in [0.717, 1.165) is 29.2 Å². The van der Waals surface area contributed by atoms with Crippen molar-refractivity contribution >= 4 is 5.82 Å². The lowest BCUT2D eigenvalue weighted by atomic mass is 10.1. The number of hydrogen-bond donors (Lipinski definition) is 1. The van der Waals surface area contributed by atoms with Crippen molar-refractivity contribution in [3.8, 4) is 17.0 Å². The van der Waals surface area contributed by atoms with Gasteiger partial charge in [0.1, 0.15) is 11.4 Å². The second kappa shape index (κ2) is 6.00. The predicted octanol–water partition coefficient (Wildman–Crippen LogP) is 2.97. The zero-order chi connectivity index (χ0) is 12.8. The van der Waals surface area contributed by atoms with Crippen LogP contribution in [0.2, 0.25) is 0 Å². The van der Waals surface area contributed by atoms with E-state index in [0.29, 0.717) is 6.61 Å². The van der Waals surface area contributed by atoms with E-state index >= 15 is 0 Å². The van der Waals surface area contributed by atoms with Crippen LogP contribution in [-0.2, 0) is 0 Å². The van der Waals surface area contributed by atoms with Crippen molar-refractivity contribution in [2.24, 2.45) is 0 Å². The molecule has 1 heterocycles. The molecule has 0 unspecified atom stereocenters. The van der Waals surface area contributed by atoms with E-state index in [4.69, 9.17) is 4.74 Å². The monoisotopic (exact) mass is 243 g/mol. The smallest absolute Gasteiger partial charge is 0.152 e. The highest BCUT2D eigenvalue weighted by Gasteiger charge is 2.11. The molecule has 0 aliphatic heterocycles. The van der Waals surface area contributed by atoms with Gasteiger partial charge in [0.2, 0.25) is 0 Å². The summed E-state index contributed by atoms with van der Waals surface area (Å²) in [5.74, 6) is 1.60. The molecular weight excluding hydrogens is 226 g/mol. The van der Waals surface area contributed by atoms with Crippen molar-refractivity contribution in [3.63, 3.8) is 0 Å². The van der Waals surface area contributed by atoms with Crippen LogP contribution in [0.1, 0.15) is 13.3 Å². The SMILES string of the molecule is CCCOc1ccccc1-c1nccnc1NC. The van der Waals surface area contributed by atoms with Gasteiger partial charge in [0.25, 0.3) is 0 Å². The molecule has 1 aromatic heterocycles. The second-order valence-electron chi connectivity index (χ2n) is 3.85. The maximum absolute atomic E-state index is 5.74. The Labute approximate surface area is 107 Å². The topological polar surface area (TPSA) is 47.0 Å². The van der Waals surface area contributed by atoms with Gasteiger partial charge in [0, 0.05) is 25.0 Å². The molecule has 0 saturated heterocycles. The number of anilines is 1. The molecule has 0 amide bonds. The summed E-state index contributed by atoms with van der Waals surface area (Å²) in [5.41, 5.74) is 1.77. The number of benzene rings is 1. The lowest BCUT2D eigenvalue weighted by Crippen LogP contribution is -2.01. The zero-order valence-electron chi connectivity index (χ0n) is 10.7. The van der Waals surface area contributed by atoms with Crippen LogP contribution in [-0.4, -0.2) is 23.6 Å². The Bertz CT molecular complexity index is 514. The van der Waals surface area contributed by atoms with Gasteiger partial charge in [-0.25, -0.2) is 4.98 Å². The average Bonchev–Trinajstić information content (AvgIpc) is 2.45. The molecule has 4 nitrogen and oxygen atoms in total. The Hall–Kier alpha value is -2.10. The van der Waals surface area contributed by atoms with Crippen LogP contribution in [0.25, 0.3) is 11.3 Å². The van der Waals surface area contributed by atoms with Gasteiger partial charge in [0.15, 0.2) is 5.82 Å². The zero-order valence-corrected chi connectivity index (χ0v) is 10.7. The molecule has 1 aromatic carbocycles. The molecule has 0 fully saturated rings. The molecule has 0 aliphatic carbocycles. The lowest BCUT2D eigenvalue weighted by Gasteiger charge is -2.12. The molecule has 0 radical (unpaired) electrons. The van der Waals surface area contributed by atoms with Gasteiger partial charge in [0.05, 0.1) is 6.61 Å². The fourth-order valence-electron chi connectivity index (χ4n) is 1.72. The van der Waals surface area contributed by atoms with E-state index in [9.17, 15) is 0 Å².